The van der Waals surface area contributed by atoms with Gasteiger partial charge in [-0.2, -0.15) is 0 Å². The molecule has 0 unspecified atom stereocenters. The molecule has 84 valence electrons. The molecule has 0 saturated carbocycles. The van der Waals surface area contributed by atoms with Gasteiger partial charge in [-0.1, -0.05) is 13.3 Å². The number of aryl methyl sites for hydroxylation is 1. The first-order valence-corrected chi connectivity index (χ1v) is 5.58. The Morgan fingerprint density at radius 3 is 2.67 bits per heavy atom. The zero-order valence-corrected chi connectivity index (χ0v) is 10.1. The summed E-state index contributed by atoms with van der Waals surface area (Å²) in [7, 11) is 1.70. The Morgan fingerprint density at radius 2 is 2.13 bits per heavy atom. The summed E-state index contributed by atoms with van der Waals surface area (Å²) < 4.78 is 5.17. The summed E-state index contributed by atoms with van der Waals surface area (Å²) in [5, 5.41) is 3.51. The molecule has 15 heavy (non-hydrogen) atoms. The van der Waals surface area contributed by atoms with E-state index in [1.807, 2.05) is 6.07 Å². The molecule has 0 amide bonds. The Hall–Kier alpha value is -1.18. The maximum Gasteiger partial charge on any atom is 0.119 e. The Kier molecular flexibility index (Phi) is 4.47. The average Bonchev–Trinajstić information content (AvgIpc) is 2.21. The number of benzene rings is 1. The Bertz CT molecular complexity index is 309. The second-order valence-corrected chi connectivity index (χ2v) is 4.01. The first-order valence-electron chi connectivity index (χ1n) is 5.58. The molecule has 0 saturated heterocycles. The van der Waals surface area contributed by atoms with Gasteiger partial charge in [0.1, 0.15) is 5.75 Å². The molecular formula is C13H21NO. The minimum atomic E-state index is 0.530. The van der Waals surface area contributed by atoms with Gasteiger partial charge >= 0.3 is 0 Å². The number of nitrogens with one attached hydrogen (secondary N) is 1. The van der Waals surface area contributed by atoms with Crippen molar-refractivity contribution in [3.8, 4) is 5.75 Å². The molecule has 2 nitrogen and oxygen atoms in total. The highest BCUT2D eigenvalue weighted by Crippen LogP contribution is 2.22. The van der Waals surface area contributed by atoms with Gasteiger partial charge in [0.15, 0.2) is 0 Å². The molecule has 0 aliphatic carbocycles. The van der Waals surface area contributed by atoms with E-state index in [0.717, 1.165) is 5.75 Å². The van der Waals surface area contributed by atoms with Crippen LogP contribution in [-0.4, -0.2) is 13.2 Å². The molecule has 0 bridgehead atoms. The predicted molar refractivity (Wildman–Crippen MR) is 65.7 cm³/mol. The van der Waals surface area contributed by atoms with Crippen molar-refractivity contribution in [1.29, 1.82) is 0 Å². The van der Waals surface area contributed by atoms with Gasteiger partial charge in [-0.15, -0.1) is 0 Å². The molecule has 1 rings (SSSR count). The summed E-state index contributed by atoms with van der Waals surface area (Å²) in [4.78, 5) is 0. The lowest BCUT2D eigenvalue weighted by atomic mass is 10.1. The van der Waals surface area contributed by atoms with Crippen LogP contribution in [0.25, 0.3) is 0 Å². The van der Waals surface area contributed by atoms with Crippen LogP contribution in [0.5, 0.6) is 5.75 Å². The van der Waals surface area contributed by atoms with E-state index in [-0.39, 0.29) is 0 Å². The highest BCUT2D eigenvalue weighted by atomic mass is 16.5. The predicted octanol–water partition coefficient (Wildman–Crippen LogP) is 3.60. The molecule has 1 N–H and O–H groups in total. The SMILES string of the molecule is CCC[C@@H](C)Nc1ccc(OC)cc1C. The summed E-state index contributed by atoms with van der Waals surface area (Å²) in [6, 6.07) is 6.66. The van der Waals surface area contributed by atoms with Crippen LogP contribution in [0.2, 0.25) is 0 Å². The van der Waals surface area contributed by atoms with Gasteiger partial charge in [-0.3, -0.25) is 0 Å². The van der Waals surface area contributed by atoms with Gasteiger partial charge in [0.25, 0.3) is 0 Å². The Morgan fingerprint density at radius 1 is 1.40 bits per heavy atom. The number of ether oxygens (including phenoxy) is 1. The highest BCUT2D eigenvalue weighted by Gasteiger charge is 2.03. The van der Waals surface area contributed by atoms with Crippen molar-refractivity contribution < 1.29 is 4.74 Å². The number of hydrogen-bond donors (Lipinski definition) is 1. The van der Waals surface area contributed by atoms with Crippen molar-refractivity contribution in [2.24, 2.45) is 0 Å². The van der Waals surface area contributed by atoms with Crippen LogP contribution >= 0.6 is 0 Å². The molecule has 1 aromatic carbocycles. The van der Waals surface area contributed by atoms with E-state index < -0.39 is 0 Å². The van der Waals surface area contributed by atoms with E-state index in [1.165, 1.54) is 24.1 Å². The zero-order valence-electron chi connectivity index (χ0n) is 10.1. The maximum atomic E-state index is 5.17. The van der Waals surface area contributed by atoms with E-state index in [1.54, 1.807) is 7.11 Å². The van der Waals surface area contributed by atoms with Crippen LogP contribution < -0.4 is 10.1 Å². The van der Waals surface area contributed by atoms with E-state index in [0.29, 0.717) is 6.04 Å². The smallest absolute Gasteiger partial charge is 0.119 e. The van der Waals surface area contributed by atoms with Gasteiger partial charge < -0.3 is 10.1 Å². The van der Waals surface area contributed by atoms with Gasteiger partial charge in [-0.25, -0.2) is 0 Å². The van der Waals surface area contributed by atoms with Crippen molar-refractivity contribution in [1.82, 2.24) is 0 Å². The van der Waals surface area contributed by atoms with Gasteiger partial charge in [0, 0.05) is 11.7 Å². The molecule has 2 heteroatoms. The average molecular weight is 207 g/mol. The fourth-order valence-electron chi connectivity index (χ4n) is 1.70. The molecular weight excluding hydrogens is 186 g/mol. The Labute approximate surface area is 92.6 Å². The quantitative estimate of drug-likeness (QED) is 0.796. The van der Waals surface area contributed by atoms with Crippen LogP contribution in [-0.2, 0) is 0 Å². The second kappa shape index (κ2) is 5.64. The van der Waals surface area contributed by atoms with Crippen LogP contribution in [0.1, 0.15) is 32.3 Å². The van der Waals surface area contributed by atoms with E-state index in [2.05, 4.69) is 38.2 Å². The molecule has 0 aliphatic heterocycles. The molecule has 0 fully saturated rings. The van der Waals surface area contributed by atoms with Crippen molar-refractivity contribution in [3.05, 3.63) is 23.8 Å². The van der Waals surface area contributed by atoms with Gasteiger partial charge in [-0.05, 0) is 44.0 Å². The summed E-state index contributed by atoms with van der Waals surface area (Å²) in [6.45, 7) is 6.52. The highest BCUT2D eigenvalue weighted by molar-refractivity contribution is 5.54. The first-order chi connectivity index (χ1) is 7.17. The normalized spacial score (nSPS) is 12.3. The van der Waals surface area contributed by atoms with Crippen LogP contribution in [0.4, 0.5) is 5.69 Å². The summed E-state index contributed by atoms with van der Waals surface area (Å²) in [6.07, 6.45) is 2.41. The number of rotatable bonds is 5. The lowest BCUT2D eigenvalue weighted by Crippen LogP contribution is -2.15. The number of anilines is 1. The summed E-state index contributed by atoms with van der Waals surface area (Å²) in [5.41, 5.74) is 2.44. The minimum absolute atomic E-state index is 0.530. The van der Waals surface area contributed by atoms with Crippen molar-refractivity contribution >= 4 is 5.69 Å². The molecule has 0 aromatic heterocycles. The lowest BCUT2D eigenvalue weighted by molar-refractivity contribution is 0.414. The van der Waals surface area contributed by atoms with Gasteiger partial charge in [0.05, 0.1) is 7.11 Å². The molecule has 0 heterocycles. The van der Waals surface area contributed by atoms with Crippen LogP contribution in [0, 0.1) is 6.92 Å². The molecule has 0 aliphatic rings. The Balaban J connectivity index is 2.69. The summed E-state index contributed by atoms with van der Waals surface area (Å²) >= 11 is 0. The fraction of sp³-hybridized carbons (Fsp3) is 0.538. The summed E-state index contributed by atoms with van der Waals surface area (Å²) in [5.74, 6) is 0.918. The standard InChI is InChI=1S/C13H21NO/c1-5-6-11(3)14-13-8-7-12(15-4)9-10(13)2/h7-9,11,14H,5-6H2,1-4H3/t11-/m1/s1. The zero-order chi connectivity index (χ0) is 11.3. The topological polar surface area (TPSA) is 21.3 Å². The molecule has 1 atom stereocenters. The largest absolute Gasteiger partial charge is 0.497 e. The second-order valence-electron chi connectivity index (χ2n) is 4.01. The first kappa shape index (κ1) is 11.9. The number of methoxy groups -OCH3 is 1. The van der Waals surface area contributed by atoms with Crippen LogP contribution in [0.3, 0.4) is 0 Å². The molecule has 1 aromatic rings. The van der Waals surface area contributed by atoms with Crippen molar-refractivity contribution in [2.45, 2.75) is 39.7 Å². The third kappa shape index (κ3) is 3.46. The maximum absolute atomic E-state index is 5.17. The van der Waals surface area contributed by atoms with Crippen molar-refractivity contribution in [3.63, 3.8) is 0 Å². The van der Waals surface area contributed by atoms with E-state index in [9.17, 15) is 0 Å². The lowest BCUT2D eigenvalue weighted by Gasteiger charge is -2.16. The minimum Gasteiger partial charge on any atom is -0.497 e. The third-order valence-electron chi connectivity index (χ3n) is 2.56. The van der Waals surface area contributed by atoms with E-state index >= 15 is 0 Å². The van der Waals surface area contributed by atoms with E-state index in [4.69, 9.17) is 4.74 Å². The fourth-order valence-corrected chi connectivity index (χ4v) is 1.70. The van der Waals surface area contributed by atoms with Crippen LogP contribution in [0.15, 0.2) is 18.2 Å². The third-order valence-corrected chi connectivity index (χ3v) is 2.56. The monoisotopic (exact) mass is 207 g/mol. The number of hydrogen-bond acceptors (Lipinski definition) is 2. The van der Waals surface area contributed by atoms with Crippen molar-refractivity contribution in [2.75, 3.05) is 12.4 Å². The molecule has 0 spiro atoms. The van der Waals surface area contributed by atoms with Gasteiger partial charge in [0.2, 0.25) is 0 Å². The molecule has 0 radical (unpaired) electrons.